The number of carboxylic acids is 1. The second kappa shape index (κ2) is 7.23. The van der Waals surface area contributed by atoms with Crippen LogP contribution in [0.25, 0.3) is 0 Å². The highest BCUT2D eigenvalue weighted by atomic mass is 32.2. The number of anilines is 1. The van der Waals surface area contributed by atoms with Crippen LogP contribution in [0.3, 0.4) is 0 Å². The Morgan fingerprint density at radius 3 is 2.68 bits per heavy atom. The molecule has 8 heteroatoms. The first kappa shape index (κ1) is 18.0. The van der Waals surface area contributed by atoms with Crippen molar-refractivity contribution in [1.82, 2.24) is 4.90 Å². The van der Waals surface area contributed by atoms with Crippen molar-refractivity contribution < 1.29 is 14.7 Å². The second-order valence-electron chi connectivity index (χ2n) is 5.46. The SMILES string of the molecule is CCN1/C(=C/C(C)=C2\SC(=S)N(CC(=O)O)C2=O)Sc2ccccc21. The van der Waals surface area contributed by atoms with Crippen LogP contribution in [0.4, 0.5) is 5.69 Å². The molecule has 2 heterocycles. The lowest BCUT2D eigenvalue weighted by Crippen LogP contribution is -2.33. The lowest BCUT2D eigenvalue weighted by molar-refractivity contribution is -0.140. The lowest BCUT2D eigenvalue weighted by atomic mass is 10.2. The number of thioether (sulfide) groups is 2. The van der Waals surface area contributed by atoms with Crippen LogP contribution in [-0.2, 0) is 9.59 Å². The smallest absolute Gasteiger partial charge is 0.323 e. The van der Waals surface area contributed by atoms with E-state index in [-0.39, 0.29) is 10.2 Å². The summed E-state index contributed by atoms with van der Waals surface area (Å²) in [6.45, 7) is 4.36. The van der Waals surface area contributed by atoms with Crippen molar-refractivity contribution in [3.63, 3.8) is 0 Å². The van der Waals surface area contributed by atoms with E-state index in [1.165, 1.54) is 4.90 Å². The third-order valence-corrected chi connectivity index (χ3v) is 6.47. The molecule has 0 aliphatic carbocycles. The van der Waals surface area contributed by atoms with E-state index in [4.69, 9.17) is 17.3 Å². The Morgan fingerprint density at radius 1 is 1.28 bits per heavy atom. The van der Waals surface area contributed by atoms with E-state index in [0.717, 1.165) is 39.5 Å². The van der Waals surface area contributed by atoms with E-state index in [2.05, 4.69) is 24.0 Å². The fraction of sp³-hybridized carbons (Fsp3) is 0.235. The van der Waals surface area contributed by atoms with Gasteiger partial charge in [0.05, 0.1) is 15.6 Å². The molecule has 1 saturated heterocycles. The zero-order chi connectivity index (χ0) is 18.1. The summed E-state index contributed by atoms with van der Waals surface area (Å²) in [7, 11) is 0. The number of allylic oxidation sites excluding steroid dienone is 2. The van der Waals surface area contributed by atoms with E-state index < -0.39 is 12.5 Å². The molecule has 2 aliphatic rings. The van der Waals surface area contributed by atoms with Gasteiger partial charge >= 0.3 is 5.97 Å². The molecule has 3 rings (SSSR count). The molecule has 5 nitrogen and oxygen atoms in total. The number of carbonyl (C=O) groups is 2. The number of aliphatic carboxylic acids is 1. The van der Waals surface area contributed by atoms with Gasteiger partial charge in [0.15, 0.2) is 0 Å². The van der Waals surface area contributed by atoms with Gasteiger partial charge in [-0.2, -0.15) is 0 Å². The van der Waals surface area contributed by atoms with E-state index in [0.29, 0.717) is 4.91 Å². The molecule has 1 fully saturated rings. The average Bonchev–Trinajstić information content (AvgIpc) is 3.05. The molecule has 25 heavy (non-hydrogen) atoms. The van der Waals surface area contributed by atoms with Gasteiger partial charge in [0.2, 0.25) is 0 Å². The minimum Gasteiger partial charge on any atom is -0.480 e. The van der Waals surface area contributed by atoms with Crippen LogP contribution < -0.4 is 4.90 Å². The molecule has 0 radical (unpaired) electrons. The van der Waals surface area contributed by atoms with Crippen LogP contribution >= 0.6 is 35.7 Å². The third kappa shape index (κ3) is 3.47. The molecule has 0 aromatic heterocycles. The van der Waals surface area contributed by atoms with E-state index in [1.54, 1.807) is 11.8 Å². The Balaban J connectivity index is 1.91. The molecule has 0 unspecified atom stereocenters. The van der Waals surface area contributed by atoms with E-state index in [9.17, 15) is 9.59 Å². The number of amides is 1. The summed E-state index contributed by atoms with van der Waals surface area (Å²) in [4.78, 5) is 28.4. The number of hydrogen-bond acceptors (Lipinski definition) is 6. The summed E-state index contributed by atoms with van der Waals surface area (Å²) in [6, 6.07) is 8.17. The number of carbonyl (C=O) groups excluding carboxylic acids is 1. The molecule has 0 bridgehead atoms. The highest BCUT2D eigenvalue weighted by Gasteiger charge is 2.34. The second-order valence-corrected chi connectivity index (χ2v) is 8.17. The average molecular weight is 393 g/mol. The number of benzene rings is 1. The van der Waals surface area contributed by atoms with Crippen molar-refractivity contribution in [3.05, 3.63) is 45.8 Å². The van der Waals surface area contributed by atoms with Gasteiger partial charge in [-0.05, 0) is 37.6 Å². The van der Waals surface area contributed by atoms with Gasteiger partial charge in [-0.25, -0.2) is 0 Å². The van der Waals surface area contributed by atoms with Crippen LogP contribution in [0, 0.1) is 0 Å². The van der Waals surface area contributed by atoms with Crippen LogP contribution in [0.5, 0.6) is 0 Å². The van der Waals surface area contributed by atoms with Crippen LogP contribution in [0.15, 0.2) is 50.7 Å². The number of nitrogens with zero attached hydrogens (tertiary/aromatic N) is 2. The van der Waals surface area contributed by atoms with Crippen LogP contribution in [0.2, 0.25) is 0 Å². The van der Waals surface area contributed by atoms with Crippen LogP contribution in [0.1, 0.15) is 13.8 Å². The highest BCUT2D eigenvalue weighted by molar-refractivity contribution is 8.26. The molecule has 0 spiro atoms. The van der Waals surface area contributed by atoms with Gasteiger partial charge in [-0.15, -0.1) is 0 Å². The summed E-state index contributed by atoms with van der Waals surface area (Å²) in [5.74, 6) is -1.41. The normalized spacial score (nSPS) is 20.5. The maximum absolute atomic E-state index is 12.5. The standard InChI is InChI=1S/C17H16N2O3S3/c1-3-18-11-6-4-5-7-12(11)24-13(18)8-10(2)15-16(22)19(9-14(20)21)17(23)25-15/h4-8H,3,9H2,1-2H3,(H,20,21)/b13-8-,15-10-. The topological polar surface area (TPSA) is 60.9 Å². The largest absolute Gasteiger partial charge is 0.480 e. The summed E-state index contributed by atoms with van der Waals surface area (Å²) in [5.41, 5.74) is 1.95. The van der Waals surface area contributed by atoms with Crippen molar-refractivity contribution >= 4 is 57.6 Å². The van der Waals surface area contributed by atoms with Crippen molar-refractivity contribution in [2.24, 2.45) is 0 Å². The Kier molecular flexibility index (Phi) is 5.21. The first-order chi connectivity index (χ1) is 11.9. The first-order valence-electron chi connectivity index (χ1n) is 7.64. The third-order valence-electron chi connectivity index (χ3n) is 3.79. The van der Waals surface area contributed by atoms with Crippen molar-refractivity contribution in [2.75, 3.05) is 18.0 Å². The summed E-state index contributed by atoms with van der Waals surface area (Å²) in [5, 5.41) is 9.98. The molecular formula is C17H16N2O3S3. The minimum atomic E-state index is -1.08. The maximum Gasteiger partial charge on any atom is 0.323 e. The number of carboxylic acid groups (broad SMARTS) is 1. The van der Waals surface area contributed by atoms with Crippen LogP contribution in [-0.4, -0.2) is 39.3 Å². The summed E-state index contributed by atoms with van der Waals surface area (Å²) < 4.78 is 0.287. The van der Waals surface area contributed by atoms with Gasteiger partial charge in [0.25, 0.3) is 5.91 Å². The Labute approximate surface area is 159 Å². The predicted molar refractivity (Wildman–Crippen MR) is 106 cm³/mol. The first-order valence-corrected chi connectivity index (χ1v) is 9.69. The highest BCUT2D eigenvalue weighted by Crippen LogP contribution is 2.46. The van der Waals surface area contributed by atoms with Crippen molar-refractivity contribution in [1.29, 1.82) is 0 Å². The Morgan fingerprint density at radius 2 is 2.00 bits per heavy atom. The van der Waals surface area contributed by atoms with Crippen molar-refractivity contribution in [3.8, 4) is 0 Å². The zero-order valence-corrected chi connectivity index (χ0v) is 16.1. The zero-order valence-electron chi connectivity index (χ0n) is 13.7. The van der Waals surface area contributed by atoms with E-state index in [1.807, 2.05) is 25.1 Å². The minimum absolute atomic E-state index is 0.287. The molecule has 0 saturated carbocycles. The fourth-order valence-corrected chi connectivity index (χ4v) is 5.12. The number of thiocarbonyl (C=S) groups is 1. The molecule has 1 N–H and O–H groups in total. The molecule has 2 aliphatic heterocycles. The summed E-state index contributed by atoms with van der Waals surface area (Å²) >= 11 is 7.97. The number of para-hydroxylation sites is 1. The maximum atomic E-state index is 12.5. The predicted octanol–water partition coefficient (Wildman–Crippen LogP) is 3.68. The molecule has 1 aromatic carbocycles. The Hall–Kier alpha value is -1.77. The van der Waals surface area contributed by atoms with Gasteiger partial charge in [-0.1, -0.05) is 47.9 Å². The number of hydrogen-bond donors (Lipinski definition) is 1. The fourth-order valence-electron chi connectivity index (χ4n) is 2.65. The van der Waals surface area contributed by atoms with Gasteiger partial charge in [-0.3, -0.25) is 14.5 Å². The molecule has 0 atom stereocenters. The summed E-state index contributed by atoms with van der Waals surface area (Å²) in [6.07, 6.45) is 1.97. The Bertz CT molecular complexity index is 832. The molecule has 130 valence electrons. The molecule has 1 aromatic rings. The monoisotopic (exact) mass is 392 g/mol. The molecular weight excluding hydrogens is 376 g/mol. The van der Waals surface area contributed by atoms with Gasteiger partial charge in [0.1, 0.15) is 10.9 Å². The number of rotatable bonds is 4. The lowest BCUT2D eigenvalue weighted by Gasteiger charge is -2.18. The quantitative estimate of drug-likeness (QED) is 0.619. The van der Waals surface area contributed by atoms with Gasteiger partial charge in [0, 0.05) is 11.4 Å². The van der Waals surface area contributed by atoms with Gasteiger partial charge < -0.3 is 10.0 Å². The van der Waals surface area contributed by atoms with E-state index >= 15 is 0 Å². The molecule has 1 amide bonds. The number of fused-ring (bicyclic) bond motifs is 1. The van der Waals surface area contributed by atoms with Crippen molar-refractivity contribution in [2.45, 2.75) is 18.7 Å².